The van der Waals surface area contributed by atoms with E-state index in [-0.39, 0.29) is 6.61 Å². The van der Waals surface area contributed by atoms with Gasteiger partial charge in [-0.15, -0.1) is 4.99 Å². The number of amides is 1. The number of nitrogens with zero attached hydrogens (tertiary/aromatic N) is 1. The number of isocyanates is 1. The van der Waals surface area contributed by atoms with Gasteiger partial charge in [-0.3, -0.25) is 4.79 Å². The smallest absolute Gasteiger partial charge is 0.294 e. The molecule has 4 heteroatoms. The highest BCUT2D eigenvalue weighted by molar-refractivity contribution is 5.82. The summed E-state index contributed by atoms with van der Waals surface area (Å²) in [6, 6.07) is 5.61. The normalized spacial score (nSPS) is 9.20. The molecule has 0 saturated heterocycles. The Kier molecular flexibility index (Phi) is 3.77. The topological polar surface area (TPSA) is 55.7 Å². The van der Waals surface area contributed by atoms with Crippen molar-refractivity contribution in [3.63, 3.8) is 0 Å². The molecule has 78 valence electrons. The third-order valence-electron chi connectivity index (χ3n) is 1.85. The lowest BCUT2D eigenvalue weighted by Crippen LogP contribution is -2.08. The van der Waals surface area contributed by atoms with Gasteiger partial charge in [0.05, 0.1) is 0 Å². The average molecular weight is 205 g/mol. The molecule has 1 rings (SSSR count). The van der Waals surface area contributed by atoms with E-state index in [1.54, 1.807) is 6.07 Å². The van der Waals surface area contributed by atoms with E-state index in [1.165, 1.54) is 6.08 Å². The summed E-state index contributed by atoms with van der Waals surface area (Å²) in [5, 5.41) is 0. The first-order valence-corrected chi connectivity index (χ1v) is 4.44. The van der Waals surface area contributed by atoms with Gasteiger partial charge in [-0.1, -0.05) is 17.7 Å². The lowest BCUT2D eigenvalue weighted by molar-refractivity contribution is -0.119. The summed E-state index contributed by atoms with van der Waals surface area (Å²) in [4.78, 5) is 23.5. The van der Waals surface area contributed by atoms with Crippen LogP contribution in [0, 0.1) is 13.8 Å². The summed E-state index contributed by atoms with van der Waals surface area (Å²) in [5.41, 5.74) is 2.06. The Morgan fingerprint density at radius 3 is 2.80 bits per heavy atom. The Hall–Kier alpha value is -1.93. The van der Waals surface area contributed by atoms with E-state index >= 15 is 0 Å². The maximum Gasteiger partial charge on any atom is 0.294 e. The van der Waals surface area contributed by atoms with Crippen molar-refractivity contribution in [3.05, 3.63) is 29.3 Å². The van der Waals surface area contributed by atoms with E-state index < -0.39 is 5.91 Å². The van der Waals surface area contributed by atoms with Crippen molar-refractivity contribution in [2.75, 3.05) is 6.61 Å². The Labute approximate surface area is 87.6 Å². The number of ether oxygens (including phenoxy) is 1. The molecule has 0 aliphatic heterocycles. The zero-order valence-corrected chi connectivity index (χ0v) is 8.61. The van der Waals surface area contributed by atoms with Crippen LogP contribution in [0.15, 0.2) is 23.2 Å². The first-order valence-electron chi connectivity index (χ1n) is 4.44. The number of aryl methyl sites for hydroxylation is 2. The van der Waals surface area contributed by atoms with Gasteiger partial charge in [0.15, 0.2) is 6.61 Å². The molecule has 0 spiro atoms. The highest BCUT2D eigenvalue weighted by Gasteiger charge is 2.03. The molecule has 4 nitrogen and oxygen atoms in total. The lowest BCUT2D eigenvalue weighted by atomic mass is 10.1. The second-order valence-electron chi connectivity index (χ2n) is 3.15. The van der Waals surface area contributed by atoms with Crippen LogP contribution in [-0.4, -0.2) is 18.6 Å². The van der Waals surface area contributed by atoms with Crippen molar-refractivity contribution in [2.45, 2.75) is 13.8 Å². The van der Waals surface area contributed by atoms with Crippen molar-refractivity contribution in [1.29, 1.82) is 0 Å². The largest absolute Gasteiger partial charge is 0.483 e. The summed E-state index contributed by atoms with van der Waals surface area (Å²) in [6.45, 7) is 3.62. The lowest BCUT2D eigenvalue weighted by Gasteiger charge is -2.07. The van der Waals surface area contributed by atoms with E-state index in [2.05, 4.69) is 4.99 Å². The number of rotatable bonds is 3. The molecular formula is C11H11NO3. The van der Waals surface area contributed by atoms with Crippen LogP contribution in [0.3, 0.4) is 0 Å². The van der Waals surface area contributed by atoms with Crippen molar-refractivity contribution in [3.8, 4) is 5.75 Å². The molecule has 1 amide bonds. The molecule has 1 aromatic carbocycles. The van der Waals surface area contributed by atoms with Crippen molar-refractivity contribution < 1.29 is 14.3 Å². The summed E-state index contributed by atoms with van der Waals surface area (Å²) < 4.78 is 5.18. The SMILES string of the molecule is Cc1ccc(OCC(=O)N=C=O)c(C)c1. The summed E-state index contributed by atoms with van der Waals surface area (Å²) in [5.74, 6) is -0.0139. The third-order valence-corrected chi connectivity index (χ3v) is 1.85. The van der Waals surface area contributed by atoms with Crippen LogP contribution in [0.1, 0.15) is 11.1 Å². The predicted octanol–water partition coefficient (Wildman–Crippen LogP) is 1.54. The van der Waals surface area contributed by atoms with Crippen molar-refractivity contribution >= 4 is 12.0 Å². The molecule has 0 atom stereocenters. The molecule has 0 aliphatic rings. The fourth-order valence-electron chi connectivity index (χ4n) is 1.18. The van der Waals surface area contributed by atoms with E-state index in [0.29, 0.717) is 5.75 Å². The number of carbonyl (C=O) groups is 1. The highest BCUT2D eigenvalue weighted by Crippen LogP contribution is 2.18. The second-order valence-corrected chi connectivity index (χ2v) is 3.15. The number of hydrogen-bond acceptors (Lipinski definition) is 3. The van der Waals surface area contributed by atoms with Gasteiger partial charge < -0.3 is 4.74 Å². The Balaban J connectivity index is 2.65. The summed E-state index contributed by atoms with van der Waals surface area (Å²) >= 11 is 0. The van der Waals surface area contributed by atoms with Gasteiger partial charge in [-0.05, 0) is 25.5 Å². The first-order chi connectivity index (χ1) is 7.13. The van der Waals surface area contributed by atoms with Gasteiger partial charge in [0.1, 0.15) is 5.75 Å². The Bertz CT molecular complexity index is 420. The number of benzene rings is 1. The highest BCUT2D eigenvalue weighted by atomic mass is 16.5. The Morgan fingerprint density at radius 2 is 2.20 bits per heavy atom. The molecule has 1 aromatic rings. The van der Waals surface area contributed by atoms with Crippen molar-refractivity contribution in [1.82, 2.24) is 0 Å². The minimum absolute atomic E-state index is 0.237. The molecule has 0 aliphatic carbocycles. The zero-order valence-electron chi connectivity index (χ0n) is 8.61. The standard InChI is InChI=1S/C11H11NO3/c1-8-3-4-10(9(2)5-8)15-6-11(14)12-7-13/h3-5H,6H2,1-2H3. The van der Waals surface area contributed by atoms with E-state index in [9.17, 15) is 9.59 Å². The number of hydrogen-bond donors (Lipinski definition) is 0. The molecule has 0 N–H and O–H groups in total. The minimum Gasteiger partial charge on any atom is -0.483 e. The van der Waals surface area contributed by atoms with Gasteiger partial charge in [-0.2, -0.15) is 0 Å². The molecular weight excluding hydrogens is 194 g/mol. The van der Waals surface area contributed by atoms with Crippen LogP contribution in [0.2, 0.25) is 0 Å². The van der Waals surface area contributed by atoms with Crippen LogP contribution < -0.4 is 4.74 Å². The number of aliphatic imine (C=N–C) groups is 1. The van der Waals surface area contributed by atoms with Crippen LogP contribution in [-0.2, 0) is 9.59 Å². The zero-order chi connectivity index (χ0) is 11.3. The van der Waals surface area contributed by atoms with E-state index in [4.69, 9.17) is 4.74 Å². The van der Waals surface area contributed by atoms with Gasteiger partial charge in [0.25, 0.3) is 5.91 Å². The van der Waals surface area contributed by atoms with Gasteiger partial charge in [-0.25, -0.2) is 4.79 Å². The van der Waals surface area contributed by atoms with Gasteiger partial charge in [0, 0.05) is 0 Å². The van der Waals surface area contributed by atoms with E-state index in [0.717, 1.165) is 11.1 Å². The van der Waals surface area contributed by atoms with Crippen molar-refractivity contribution in [2.24, 2.45) is 4.99 Å². The molecule has 0 radical (unpaired) electrons. The van der Waals surface area contributed by atoms with Crippen LogP contribution in [0.5, 0.6) is 5.75 Å². The maximum atomic E-state index is 10.8. The Morgan fingerprint density at radius 1 is 1.47 bits per heavy atom. The summed E-state index contributed by atoms with van der Waals surface area (Å²) in [7, 11) is 0. The monoisotopic (exact) mass is 205 g/mol. The molecule has 15 heavy (non-hydrogen) atoms. The van der Waals surface area contributed by atoms with E-state index in [1.807, 2.05) is 26.0 Å². The van der Waals surface area contributed by atoms with Crippen LogP contribution >= 0.6 is 0 Å². The summed E-state index contributed by atoms with van der Waals surface area (Å²) in [6.07, 6.45) is 1.17. The van der Waals surface area contributed by atoms with Crippen LogP contribution in [0.25, 0.3) is 0 Å². The number of carbonyl (C=O) groups excluding carboxylic acids is 2. The van der Waals surface area contributed by atoms with Crippen LogP contribution in [0.4, 0.5) is 0 Å². The quantitative estimate of drug-likeness (QED) is 0.555. The average Bonchev–Trinajstić information content (AvgIpc) is 2.17. The molecule has 0 saturated carbocycles. The third kappa shape index (κ3) is 3.37. The second kappa shape index (κ2) is 5.08. The fraction of sp³-hybridized carbons (Fsp3) is 0.273. The molecule has 0 aromatic heterocycles. The molecule has 0 bridgehead atoms. The molecule has 0 unspecified atom stereocenters. The molecule has 0 heterocycles. The van der Waals surface area contributed by atoms with Gasteiger partial charge in [0.2, 0.25) is 6.08 Å². The predicted molar refractivity (Wildman–Crippen MR) is 54.5 cm³/mol. The first kappa shape index (κ1) is 11.1. The minimum atomic E-state index is -0.634. The molecule has 0 fully saturated rings. The fourth-order valence-corrected chi connectivity index (χ4v) is 1.18. The van der Waals surface area contributed by atoms with Gasteiger partial charge >= 0.3 is 0 Å². The maximum absolute atomic E-state index is 10.8.